The zero-order chi connectivity index (χ0) is 14.2. The summed E-state index contributed by atoms with van der Waals surface area (Å²) >= 11 is 6.64. The van der Waals surface area contributed by atoms with Gasteiger partial charge in [-0.25, -0.2) is 0 Å². The first-order chi connectivity index (χ1) is 8.82. The SMILES string of the molecule is CC1(C(N)=O)CCN(Cc2cc(Br)c(O)c(Br)c2)C1. The number of hydrogen-bond donors (Lipinski definition) is 2. The molecule has 104 valence electrons. The number of aromatic hydroxyl groups is 1. The highest BCUT2D eigenvalue weighted by atomic mass is 79.9. The first-order valence-electron chi connectivity index (χ1n) is 6.01. The first kappa shape index (κ1) is 14.8. The molecule has 1 aliphatic heterocycles. The fourth-order valence-corrected chi connectivity index (χ4v) is 3.64. The van der Waals surface area contributed by atoms with Gasteiger partial charge in [-0.2, -0.15) is 0 Å². The van der Waals surface area contributed by atoms with E-state index in [0.29, 0.717) is 15.5 Å². The molecule has 1 heterocycles. The highest BCUT2D eigenvalue weighted by molar-refractivity contribution is 9.11. The number of carbonyl (C=O) groups excluding carboxylic acids is 1. The Balaban J connectivity index is 2.10. The minimum Gasteiger partial charge on any atom is -0.506 e. The third-order valence-electron chi connectivity index (χ3n) is 3.63. The molecular formula is C13H16Br2N2O2. The monoisotopic (exact) mass is 390 g/mol. The van der Waals surface area contributed by atoms with Gasteiger partial charge in [0.15, 0.2) is 0 Å². The molecule has 0 bridgehead atoms. The van der Waals surface area contributed by atoms with Crippen molar-refractivity contribution < 1.29 is 9.90 Å². The Morgan fingerprint density at radius 1 is 1.47 bits per heavy atom. The number of hydrogen-bond acceptors (Lipinski definition) is 3. The van der Waals surface area contributed by atoms with Crippen LogP contribution >= 0.6 is 31.9 Å². The molecule has 0 spiro atoms. The summed E-state index contributed by atoms with van der Waals surface area (Å²) in [5.41, 5.74) is 6.09. The topological polar surface area (TPSA) is 66.6 Å². The molecule has 0 saturated carbocycles. The Bertz CT molecular complexity index is 498. The van der Waals surface area contributed by atoms with E-state index < -0.39 is 5.41 Å². The van der Waals surface area contributed by atoms with Gasteiger partial charge in [0.1, 0.15) is 5.75 Å². The van der Waals surface area contributed by atoms with Crippen molar-refractivity contribution in [2.45, 2.75) is 19.9 Å². The van der Waals surface area contributed by atoms with Crippen LogP contribution in [0.15, 0.2) is 21.1 Å². The minimum atomic E-state index is -0.425. The van der Waals surface area contributed by atoms with Crippen LogP contribution in [-0.2, 0) is 11.3 Å². The number of benzene rings is 1. The van der Waals surface area contributed by atoms with Crippen molar-refractivity contribution in [2.24, 2.45) is 11.1 Å². The van der Waals surface area contributed by atoms with Crippen molar-refractivity contribution in [1.29, 1.82) is 0 Å². The Hall–Kier alpha value is -0.590. The van der Waals surface area contributed by atoms with Gasteiger partial charge in [-0.3, -0.25) is 9.69 Å². The van der Waals surface area contributed by atoms with Crippen LogP contribution in [0.2, 0.25) is 0 Å². The van der Waals surface area contributed by atoms with Crippen molar-refractivity contribution in [3.8, 4) is 5.75 Å². The number of carbonyl (C=O) groups is 1. The normalized spacial score (nSPS) is 23.7. The standard InChI is InChI=1S/C13H16Br2N2O2/c1-13(12(16)19)2-3-17(7-13)6-8-4-9(14)11(18)10(15)5-8/h4-5,18H,2-3,6-7H2,1H3,(H2,16,19). The molecule has 4 nitrogen and oxygen atoms in total. The summed E-state index contributed by atoms with van der Waals surface area (Å²) < 4.78 is 1.32. The Morgan fingerprint density at radius 3 is 2.53 bits per heavy atom. The predicted octanol–water partition coefficient (Wildman–Crippen LogP) is 2.61. The van der Waals surface area contributed by atoms with Crippen LogP contribution in [0.25, 0.3) is 0 Å². The third kappa shape index (κ3) is 3.12. The highest BCUT2D eigenvalue weighted by Crippen LogP contribution is 2.35. The quantitative estimate of drug-likeness (QED) is 0.832. The van der Waals surface area contributed by atoms with E-state index in [1.165, 1.54) is 0 Å². The lowest BCUT2D eigenvalue weighted by Gasteiger charge is -2.21. The summed E-state index contributed by atoms with van der Waals surface area (Å²) in [4.78, 5) is 13.6. The van der Waals surface area contributed by atoms with Gasteiger partial charge in [-0.15, -0.1) is 0 Å². The van der Waals surface area contributed by atoms with E-state index in [0.717, 1.165) is 25.1 Å². The zero-order valence-electron chi connectivity index (χ0n) is 10.6. The summed E-state index contributed by atoms with van der Waals surface area (Å²) in [6.45, 7) is 4.19. The van der Waals surface area contributed by atoms with Crippen LogP contribution < -0.4 is 5.73 Å². The van der Waals surface area contributed by atoms with E-state index >= 15 is 0 Å². The fraction of sp³-hybridized carbons (Fsp3) is 0.462. The maximum Gasteiger partial charge on any atom is 0.224 e. The number of rotatable bonds is 3. The largest absolute Gasteiger partial charge is 0.506 e. The van der Waals surface area contributed by atoms with Crippen molar-refractivity contribution in [3.63, 3.8) is 0 Å². The summed E-state index contributed by atoms with van der Waals surface area (Å²) in [7, 11) is 0. The van der Waals surface area contributed by atoms with Crippen LogP contribution in [0.4, 0.5) is 0 Å². The molecule has 19 heavy (non-hydrogen) atoms. The molecule has 1 atom stereocenters. The molecule has 1 fully saturated rings. The van der Waals surface area contributed by atoms with E-state index in [1.807, 2.05) is 19.1 Å². The van der Waals surface area contributed by atoms with Crippen LogP contribution in [0.1, 0.15) is 18.9 Å². The number of nitrogens with two attached hydrogens (primary N) is 1. The Morgan fingerprint density at radius 2 is 2.05 bits per heavy atom. The van der Waals surface area contributed by atoms with Crippen LogP contribution in [0, 0.1) is 5.41 Å². The van der Waals surface area contributed by atoms with Crippen molar-refractivity contribution >= 4 is 37.8 Å². The third-order valence-corrected chi connectivity index (χ3v) is 4.84. The van der Waals surface area contributed by atoms with E-state index in [4.69, 9.17) is 5.73 Å². The van der Waals surface area contributed by atoms with Gasteiger partial charge in [-0.05, 0) is 69.4 Å². The lowest BCUT2D eigenvalue weighted by atomic mass is 9.89. The lowest BCUT2D eigenvalue weighted by molar-refractivity contribution is -0.126. The van der Waals surface area contributed by atoms with Crippen LogP contribution in [0.3, 0.4) is 0 Å². The van der Waals surface area contributed by atoms with Gasteiger partial charge < -0.3 is 10.8 Å². The summed E-state index contributed by atoms with van der Waals surface area (Å²) in [6, 6.07) is 3.78. The average molecular weight is 392 g/mol. The maximum absolute atomic E-state index is 11.4. The smallest absolute Gasteiger partial charge is 0.224 e. The van der Waals surface area contributed by atoms with E-state index in [9.17, 15) is 9.90 Å². The molecule has 0 aromatic heterocycles. The minimum absolute atomic E-state index is 0.201. The van der Waals surface area contributed by atoms with Crippen LogP contribution in [-0.4, -0.2) is 29.0 Å². The molecule has 2 rings (SSSR count). The number of likely N-dealkylation sites (tertiary alicyclic amines) is 1. The van der Waals surface area contributed by atoms with Gasteiger partial charge in [0.05, 0.1) is 14.4 Å². The maximum atomic E-state index is 11.4. The van der Waals surface area contributed by atoms with Gasteiger partial charge in [0.25, 0.3) is 0 Å². The molecule has 1 saturated heterocycles. The van der Waals surface area contributed by atoms with Gasteiger partial charge >= 0.3 is 0 Å². The van der Waals surface area contributed by atoms with E-state index in [-0.39, 0.29) is 11.7 Å². The molecule has 3 N–H and O–H groups in total. The van der Waals surface area contributed by atoms with Crippen molar-refractivity contribution in [1.82, 2.24) is 4.90 Å². The van der Waals surface area contributed by atoms with Crippen molar-refractivity contribution in [2.75, 3.05) is 13.1 Å². The fourth-order valence-electron chi connectivity index (χ4n) is 2.36. The number of halogens is 2. The van der Waals surface area contributed by atoms with Crippen molar-refractivity contribution in [3.05, 3.63) is 26.6 Å². The lowest BCUT2D eigenvalue weighted by Crippen LogP contribution is -2.36. The molecule has 0 aliphatic carbocycles. The molecule has 6 heteroatoms. The van der Waals surface area contributed by atoms with Gasteiger partial charge in [0, 0.05) is 13.1 Å². The number of phenols is 1. The second-order valence-corrected chi connectivity index (χ2v) is 7.00. The summed E-state index contributed by atoms with van der Waals surface area (Å²) in [5.74, 6) is -0.0322. The second kappa shape index (κ2) is 5.42. The number of amides is 1. The number of nitrogens with zero attached hydrogens (tertiary/aromatic N) is 1. The van der Waals surface area contributed by atoms with E-state index in [1.54, 1.807) is 0 Å². The molecule has 1 amide bonds. The van der Waals surface area contributed by atoms with Crippen LogP contribution in [0.5, 0.6) is 5.75 Å². The van der Waals surface area contributed by atoms with Gasteiger partial charge in [0.2, 0.25) is 5.91 Å². The summed E-state index contributed by atoms with van der Waals surface area (Å²) in [6.07, 6.45) is 0.794. The molecule has 0 radical (unpaired) electrons. The predicted molar refractivity (Wildman–Crippen MR) is 80.7 cm³/mol. The van der Waals surface area contributed by atoms with Gasteiger partial charge in [-0.1, -0.05) is 0 Å². The summed E-state index contributed by atoms with van der Waals surface area (Å²) in [5, 5.41) is 9.68. The Labute approximate surface area is 129 Å². The van der Waals surface area contributed by atoms with E-state index in [2.05, 4.69) is 36.8 Å². The highest BCUT2D eigenvalue weighted by Gasteiger charge is 2.38. The second-order valence-electron chi connectivity index (χ2n) is 5.29. The number of primary amides is 1. The Kier molecular flexibility index (Phi) is 4.23. The molecule has 1 aromatic rings. The first-order valence-corrected chi connectivity index (χ1v) is 7.59. The molecule has 1 unspecified atom stereocenters. The molecule has 1 aromatic carbocycles. The molecule has 1 aliphatic rings. The average Bonchev–Trinajstić information content (AvgIpc) is 2.69. The number of phenolic OH excluding ortho intramolecular Hbond substituents is 1. The zero-order valence-corrected chi connectivity index (χ0v) is 13.8. The molecular weight excluding hydrogens is 376 g/mol.